The number of benzene rings is 2. The second-order valence-electron chi connectivity index (χ2n) is 6.38. The van der Waals surface area contributed by atoms with Crippen molar-refractivity contribution in [3.8, 4) is 0 Å². The van der Waals surface area contributed by atoms with Gasteiger partial charge in [-0.25, -0.2) is 0 Å². The zero-order valence-electron chi connectivity index (χ0n) is 14.7. The lowest BCUT2D eigenvalue weighted by atomic mass is 10.0. The molecule has 130 valence electrons. The van der Waals surface area contributed by atoms with Gasteiger partial charge in [0.1, 0.15) is 5.69 Å². The Bertz CT molecular complexity index is 882. The molecule has 4 nitrogen and oxygen atoms in total. The molecule has 0 saturated carbocycles. The van der Waals surface area contributed by atoms with Gasteiger partial charge in [0, 0.05) is 17.4 Å². The van der Waals surface area contributed by atoms with Crippen LogP contribution in [-0.4, -0.2) is 28.2 Å². The fraction of sp³-hybridized carbons (Fsp3) is 0.286. The zero-order valence-corrected chi connectivity index (χ0v) is 14.7. The molecule has 0 saturated heterocycles. The summed E-state index contributed by atoms with van der Waals surface area (Å²) in [4.78, 5) is 12.8. The number of hydrogen-bond donors (Lipinski definition) is 2. The van der Waals surface area contributed by atoms with Crippen molar-refractivity contribution < 1.29 is 9.90 Å². The van der Waals surface area contributed by atoms with Crippen molar-refractivity contribution in [2.24, 2.45) is 0 Å². The van der Waals surface area contributed by atoms with Crippen LogP contribution < -0.4 is 5.32 Å². The van der Waals surface area contributed by atoms with E-state index in [0.29, 0.717) is 12.1 Å². The molecule has 0 fully saturated rings. The van der Waals surface area contributed by atoms with E-state index in [-0.39, 0.29) is 18.6 Å². The molecular weight excluding hydrogens is 312 g/mol. The summed E-state index contributed by atoms with van der Waals surface area (Å²) < 4.78 is 2.01. The van der Waals surface area contributed by atoms with Gasteiger partial charge in [0.2, 0.25) is 0 Å². The highest BCUT2D eigenvalue weighted by Gasteiger charge is 2.18. The van der Waals surface area contributed by atoms with E-state index in [0.717, 1.165) is 23.0 Å². The molecule has 1 unspecified atom stereocenters. The van der Waals surface area contributed by atoms with Crippen LogP contribution in [0.3, 0.4) is 0 Å². The molecule has 1 amide bonds. The molecule has 1 heterocycles. The first kappa shape index (κ1) is 17.2. The van der Waals surface area contributed by atoms with Gasteiger partial charge < -0.3 is 15.0 Å². The Kier molecular flexibility index (Phi) is 5.19. The fourth-order valence-electron chi connectivity index (χ4n) is 3.28. The summed E-state index contributed by atoms with van der Waals surface area (Å²) in [6, 6.07) is 17.7. The highest BCUT2D eigenvalue weighted by atomic mass is 16.3. The van der Waals surface area contributed by atoms with Crippen LogP contribution in [0.25, 0.3) is 10.9 Å². The number of para-hydroxylation sites is 1. The minimum atomic E-state index is -0.308. The van der Waals surface area contributed by atoms with Gasteiger partial charge in [0.25, 0.3) is 5.91 Å². The number of carbonyl (C=O) groups is 1. The summed E-state index contributed by atoms with van der Waals surface area (Å²) >= 11 is 0. The summed E-state index contributed by atoms with van der Waals surface area (Å²) in [6.45, 7) is 4.69. The highest BCUT2D eigenvalue weighted by Crippen LogP contribution is 2.20. The van der Waals surface area contributed by atoms with Crippen LogP contribution in [-0.2, 0) is 13.0 Å². The molecule has 25 heavy (non-hydrogen) atoms. The average molecular weight is 336 g/mol. The number of carbonyl (C=O) groups excluding carboxylic acids is 1. The first-order valence-electron chi connectivity index (χ1n) is 8.68. The Morgan fingerprint density at radius 1 is 1.16 bits per heavy atom. The van der Waals surface area contributed by atoms with Crippen molar-refractivity contribution in [3.63, 3.8) is 0 Å². The molecule has 2 aromatic carbocycles. The van der Waals surface area contributed by atoms with Gasteiger partial charge >= 0.3 is 0 Å². The normalized spacial score (nSPS) is 12.3. The van der Waals surface area contributed by atoms with Crippen LogP contribution >= 0.6 is 0 Å². The number of aromatic nitrogens is 1. The van der Waals surface area contributed by atoms with Gasteiger partial charge in [0.05, 0.1) is 12.6 Å². The number of aliphatic hydroxyl groups excluding tert-OH is 1. The number of aliphatic hydroxyl groups is 1. The predicted molar refractivity (Wildman–Crippen MR) is 101 cm³/mol. The number of nitrogens with zero attached hydrogens (tertiary/aromatic N) is 1. The number of rotatable bonds is 6. The second-order valence-corrected chi connectivity index (χ2v) is 6.38. The van der Waals surface area contributed by atoms with Gasteiger partial charge in [-0.05, 0) is 38.0 Å². The first-order chi connectivity index (χ1) is 12.1. The summed E-state index contributed by atoms with van der Waals surface area (Å²) in [5, 5.41) is 13.7. The number of hydrogen-bond acceptors (Lipinski definition) is 2. The molecule has 1 aromatic heterocycles. The lowest BCUT2D eigenvalue weighted by Gasteiger charge is -2.17. The van der Waals surface area contributed by atoms with E-state index in [2.05, 4.69) is 11.4 Å². The molecule has 0 aliphatic carbocycles. The molecule has 0 radical (unpaired) electrons. The van der Waals surface area contributed by atoms with E-state index in [1.807, 2.05) is 66.9 Å². The van der Waals surface area contributed by atoms with Crippen LogP contribution in [0.5, 0.6) is 0 Å². The molecule has 3 aromatic rings. The van der Waals surface area contributed by atoms with Crippen molar-refractivity contribution in [1.29, 1.82) is 0 Å². The maximum Gasteiger partial charge on any atom is 0.268 e. The van der Waals surface area contributed by atoms with Crippen LogP contribution in [0.1, 0.15) is 28.5 Å². The van der Waals surface area contributed by atoms with Crippen molar-refractivity contribution in [2.45, 2.75) is 32.9 Å². The van der Waals surface area contributed by atoms with E-state index >= 15 is 0 Å². The summed E-state index contributed by atoms with van der Waals surface area (Å²) in [5.74, 6) is -0.148. The quantitative estimate of drug-likeness (QED) is 0.726. The monoisotopic (exact) mass is 336 g/mol. The van der Waals surface area contributed by atoms with Gasteiger partial charge in [-0.2, -0.15) is 0 Å². The van der Waals surface area contributed by atoms with Crippen molar-refractivity contribution in [2.75, 3.05) is 6.61 Å². The first-order valence-corrected chi connectivity index (χ1v) is 8.68. The fourth-order valence-corrected chi connectivity index (χ4v) is 3.28. The molecule has 0 bridgehead atoms. The van der Waals surface area contributed by atoms with Gasteiger partial charge in [-0.1, -0.05) is 48.0 Å². The Morgan fingerprint density at radius 3 is 2.68 bits per heavy atom. The molecule has 0 spiro atoms. The number of aryl methyl sites for hydroxylation is 2. The topological polar surface area (TPSA) is 54.3 Å². The largest absolute Gasteiger partial charge is 0.394 e. The van der Waals surface area contributed by atoms with Gasteiger partial charge in [-0.3, -0.25) is 4.79 Å². The molecule has 0 aliphatic heterocycles. The van der Waals surface area contributed by atoms with Crippen LogP contribution in [0.15, 0.2) is 54.6 Å². The SMILES string of the molecule is CCn1c(C(=O)NC(CO)Cc2cccc(C)c2)cc2ccccc21. The Labute approximate surface area is 148 Å². The number of amides is 1. The molecule has 4 heteroatoms. The average Bonchev–Trinajstić information content (AvgIpc) is 3.00. The third-order valence-electron chi connectivity index (χ3n) is 4.48. The molecule has 1 atom stereocenters. The lowest BCUT2D eigenvalue weighted by molar-refractivity contribution is 0.0907. The third kappa shape index (κ3) is 3.74. The second kappa shape index (κ2) is 7.53. The van der Waals surface area contributed by atoms with Crippen molar-refractivity contribution in [1.82, 2.24) is 9.88 Å². The van der Waals surface area contributed by atoms with E-state index in [9.17, 15) is 9.90 Å². The minimum Gasteiger partial charge on any atom is -0.394 e. The summed E-state index contributed by atoms with van der Waals surface area (Å²) in [7, 11) is 0. The smallest absolute Gasteiger partial charge is 0.268 e. The molecular formula is C21H24N2O2. The lowest BCUT2D eigenvalue weighted by Crippen LogP contribution is -2.39. The third-order valence-corrected chi connectivity index (χ3v) is 4.48. The van der Waals surface area contributed by atoms with Crippen molar-refractivity contribution >= 4 is 16.8 Å². The highest BCUT2D eigenvalue weighted by molar-refractivity contribution is 5.98. The van der Waals surface area contributed by atoms with E-state index in [1.54, 1.807) is 0 Å². The van der Waals surface area contributed by atoms with E-state index < -0.39 is 0 Å². The maximum absolute atomic E-state index is 12.8. The Balaban J connectivity index is 1.80. The maximum atomic E-state index is 12.8. The molecule has 0 aliphatic rings. The molecule has 2 N–H and O–H groups in total. The number of fused-ring (bicyclic) bond motifs is 1. The zero-order chi connectivity index (χ0) is 17.8. The predicted octanol–water partition coefficient (Wildman–Crippen LogP) is 3.30. The summed E-state index contributed by atoms with van der Waals surface area (Å²) in [5.41, 5.74) is 3.96. The minimum absolute atomic E-state index is 0.0912. The van der Waals surface area contributed by atoms with Gasteiger partial charge in [-0.15, -0.1) is 0 Å². The van der Waals surface area contributed by atoms with Crippen LogP contribution in [0, 0.1) is 6.92 Å². The Morgan fingerprint density at radius 2 is 1.96 bits per heavy atom. The summed E-state index contributed by atoms with van der Waals surface area (Å²) in [6.07, 6.45) is 0.607. The van der Waals surface area contributed by atoms with Crippen LogP contribution in [0.2, 0.25) is 0 Å². The molecule has 3 rings (SSSR count). The van der Waals surface area contributed by atoms with Gasteiger partial charge in [0.15, 0.2) is 0 Å². The van der Waals surface area contributed by atoms with E-state index in [1.165, 1.54) is 5.56 Å². The number of nitrogens with one attached hydrogen (secondary N) is 1. The van der Waals surface area contributed by atoms with E-state index in [4.69, 9.17) is 0 Å². The van der Waals surface area contributed by atoms with Crippen molar-refractivity contribution in [3.05, 3.63) is 71.4 Å². The Hall–Kier alpha value is -2.59. The standard InChI is InChI=1S/C21H24N2O2/c1-3-23-19-10-5-4-9-17(19)13-20(23)21(25)22-18(14-24)12-16-8-6-7-15(2)11-16/h4-11,13,18,24H,3,12,14H2,1-2H3,(H,22,25). The van der Waals surface area contributed by atoms with Crippen LogP contribution in [0.4, 0.5) is 0 Å².